The number of fused-ring (bicyclic) bond motifs is 1. The third kappa shape index (κ3) is 1.63. The molecule has 2 aromatic rings. The maximum atomic E-state index is 13.4. The predicted molar refractivity (Wildman–Crippen MR) is 69.7 cm³/mol. The summed E-state index contributed by atoms with van der Waals surface area (Å²) in [5, 5.41) is 0. The average molecular weight is 247 g/mol. The molecule has 0 unspecified atom stereocenters. The zero-order chi connectivity index (χ0) is 12.8. The number of aryl methyl sites for hydroxylation is 1. The molecule has 0 spiro atoms. The maximum absolute atomic E-state index is 13.4. The van der Waals surface area contributed by atoms with Crippen molar-refractivity contribution in [1.82, 2.24) is 9.55 Å². The number of rotatable bonds is 3. The molecule has 1 aliphatic carbocycles. The number of nitrogens with zero attached hydrogens (tertiary/aromatic N) is 2. The number of nitrogens with two attached hydrogens (primary N) is 1. The van der Waals surface area contributed by atoms with E-state index in [1.165, 1.54) is 6.07 Å². The molecule has 2 N–H and O–H groups in total. The first kappa shape index (κ1) is 11.7. The van der Waals surface area contributed by atoms with Gasteiger partial charge < -0.3 is 10.3 Å². The average Bonchev–Trinajstić information content (AvgIpc) is 2.66. The molecule has 4 heteroatoms. The van der Waals surface area contributed by atoms with Crippen molar-refractivity contribution in [1.29, 1.82) is 0 Å². The zero-order valence-electron chi connectivity index (χ0n) is 10.6. The smallest absolute Gasteiger partial charge is 0.130 e. The van der Waals surface area contributed by atoms with Crippen LogP contribution in [0.15, 0.2) is 18.2 Å². The van der Waals surface area contributed by atoms with Gasteiger partial charge in [-0.25, -0.2) is 9.37 Å². The van der Waals surface area contributed by atoms with Crippen molar-refractivity contribution in [3.8, 4) is 0 Å². The lowest BCUT2D eigenvalue weighted by Gasteiger charge is -2.37. The van der Waals surface area contributed by atoms with Crippen molar-refractivity contribution in [3.63, 3.8) is 0 Å². The van der Waals surface area contributed by atoms with Crippen LogP contribution in [0.25, 0.3) is 11.0 Å². The Hall–Kier alpha value is -1.42. The molecular weight excluding hydrogens is 229 g/mol. The van der Waals surface area contributed by atoms with Crippen LogP contribution in [0, 0.1) is 5.82 Å². The van der Waals surface area contributed by atoms with Gasteiger partial charge in [0.05, 0.1) is 16.6 Å². The van der Waals surface area contributed by atoms with Crippen molar-refractivity contribution < 1.29 is 4.39 Å². The molecule has 0 atom stereocenters. The predicted octanol–water partition coefficient (Wildman–Crippen LogP) is 2.92. The summed E-state index contributed by atoms with van der Waals surface area (Å²) >= 11 is 0. The standard InChI is InChI=1S/C14H18FN3/c1-2-8-18-12-9-10(15)4-5-11(12)17-13(18)14(16)6-3-7-14/h4-5,9H,2-3,6-8,16H2,1H3. The van der Waals surface area contributed by atoms with E-state index in [-0.39, 0.29) is 11.4 Å². The van der Waals surface area contributed by atoms with E-state index in [9.17, 15) is 4.39 Å². The van der Waals surface area contributed by atoms with Crippen molar-refractivity contribution in [2.75, 3.05) is 0 Å². The molecule has 1 fully saturated rings. The highest BCUT2D eigenvalue weighted by Crippen LogP contribution is 2.39. The number of benzene rings is 1. The molecule has 0 radical (unpaired) electrons. The first-order valence-corrected chi connectivity index (χ1v) is 6.59. The fourth-order valence-corrected chi connectivity index (χ4v) is 2.71. The van der Waals surface area contributed by atoms with Gasteiger partial charge in [-0.1, -0.05) is 6.92 Å². The van der Waals surface area contributed by atoms with Crippen LogP contribution < -0.4 is 5.73 Å². The topological polar surface area (TPSA) is 43.8 Å². The molecule has 1 aromatic carbocycles. The van der Waals surface area contributed by atoms with Crippen LogP contribution in [-0.4, -0.2) is 9.55 Å². The van der Waals surface area contributed by atoms with E-state index in [1.807, 2.05) is 0 Å². The van der Waals surface area contributed by atoms with Crippen LogP contribution in [0.1, 0.15) is 38.4 Å². The highest BCUT2D eigenvalue weighted by Gasteiger charge is 2.38. The number of hydrogen-bond acceptors (Lipinski definition) is 2. The van der Waals surface area contributed by atoms with E-state index in [1.54, 1.807) is 12.1 Å². The van der Waals surface area contributed by atoms with Crippen molar-refractivity contribution in [2.24, 2.45) is 5.73 Å². The monoisotopic (exact) mass is 247 g/mol. The quantitative estimate of drug-likeness (QED) is 0.906. The molecule has 0 bridgehead atoms. The summed E-state index contributed by atoms with van der Waals surface area (Å²) in [5.41, 5.74) is 7.79. The molecule has 3 rings (SSSR count). The Kier molecular flexibility index (Phi) is 2.63. The minimum atomic E-state index is -0.301. The second-order valence-electron chi connectivity index (χ2n) is 5.23. The van der Waals surface area contributed by atoms with Crippen molar-refractivity contribution in [2.45, 2.75) is 44.7 Å². The zero-order valence-corrected chi connectivity index (χ0v) is 10.6. The van der Waals surface area contributed by atoms with E-state index in [0.717, 1.165) is 49.1 Å². The Labute approximate surface area is 106 Å². The molecule has 0 amide bonds. The molecule has 0 saturated heterocycles. The van der Waals surface area contributed by atoms with Gasteiger partial charge in [0.25, 0.3) is 0 Å². The Bertz CT molecular complexity index is 584. The molecule has 1 aromatic heterocycles. The maximum Gasteiger partial charge on any atom is 0.130 e. The summed E-state index contributed by atoms with van der Waals surface area (Å²) in [7, 11) is 0. The summed E-state index contributed by atoms with van der Waals surface area (Å²) in [5.74, 6) is 0.710. The van der Waals surface area contributed by atoms with Gasteiger partial charge in [0.15, 0.2) is 0 Å². The number of aromatic nitrogens is 2. The number of hydrogen-bond donors (Lipinski definition) is 1. The lowest BCUT2D eigenvalue weighted by molar-refractivity contribution is 0.231. The van der Waals surface area contributed by atoms with Gasteiger partial charge in [-0.3, -0.25) is 0 Å². The lowest BCUT2D eigenvalue weighted by Crippen LogP contribution is -2.45. The van der Waals surface area contributed by atoms with Crippen LogP contribution in [0.5, 0.6) is 0 Å². The second-order valence-corrected chi connectivity index (χ2v) is 5.23. The molecule has 1 saturated carbocycles. The molecule has 1 aliphatic rings. The first-order valence-electron chi connectivity index (χ1n) is 6.59. The Morgan fingerprint density at radius 3 is 2.83 bits per heavy atom. The van der Waals surface area contributed by atoms with E-state index in [0.29, 0.717) is 0 Å². The summed E-state index contributed by atoms with van der Waals surface area (Å²) in [6.07, 6.45) is 4.09. The Balaban J connectivity index is 2.20. The Morgan fingerprint density at radius 1 is 1.44 bits per heavy atom. The van der Waals surface area contributed by atoms with Crippen molar-refractivity contribution in [3.05, 3.63) is 29.8 Å². The molecule has 1 heterocycles. The van der Waals surface area contributed by atoms with E-state index in [4.69, 9.17) is 5.73 Å². The van der Waals surface area contributed by atoms with Crippen LogP contribution in [0.2, 0.25) is 0 Å². The van der Waals surface area contributed by atoms with E-state index < -0.39 is 0 Å². The summed E-state index contributed by atoms with van der Waals surface area (Å²) < 4.78 is 15.5. The van der Waals surface area contributed by atoms with Crippen LogP contribution in [0.4, 0.5) is 4.39 Å². The van der Waals surface area contributed by atoms with Crippen LogP contribution in [0.3, 0.4) is 0 Å². The van der Waals surface area contributed by atoms with Gasteiger partial charge >= 0.3 is 0 Å². The van der Waals surface area contributed by atoms with Crippen LogP contribution >= 0.6 is 0 Å². The van der Waals surface area contributed by atoms with Gasteiger partial charge in [-0.2, -0.15) is 0 Å². The largest absolute Gasteiger partial charge is 0.326 e. The first-order chi connectivity index (χ1) is 8.64. The van der Waals surface area contributed by atoms with Gasteiger partial charge in [0.1, 0.15) is 11.6 Å². The van der Waals surface area contributed by atoms with Crippen LogP contribution in [-0.2, 0) is 12.1 Å². The third-order valence-corrected chi connectivity index (χ3v) is 3.85. The highest BCUT2D eigenvalue weighted by atomic mass is 19.1. The second kappa shape index (κ2) is 4.05. The van der Waals surface area contributed by atoms with Gasteiger partial charge in [-0.05, 0) is 43.9 Å². The van der Waals surface area contributed by atoms with Gasteiger partial charge in [-0.15, -0.1) is 0 Å². The SMILES string of the molecule is CCCn1c(C2(N)CCC2)nc2ccc(F)cc21. The lowest BCUT2D eigenvalue weighted by atomic mass is 9.77. The molecule has 18 heavy (non-hydrogen) atoms. The fourth-order valence-electron chi connectivity index (χ4n) is 2.71. The van der Waals surface area contributed by atoms with E-state index >= 15 is 0 Å². The van der Waals surface area contributed by atoms with Gasteiger partial charge in [0, 0.05) is 6.54 Å². The molecule has 96 valence electrons. The van der Waals surface area contributed by atoms with Gasteiger partial charge in [0.2, 0.25) is 0 Å². The number of imidazole rings is 1. The third-order valence-electron chi connectivity index (χ3n) is 3.85. The minimum Gasteiger partial charge on any atom is -0.326 e. The fraction of sp³-hybridized carbons (Fsp3) is 0.500. The molecule has 3 nitrogen and oxygen atoms in total. The normalized spacial score (nSPS) is 17.9. The van der Waals surface area contributed by atoms with E-state index in [2.05, 4.69) is 16.5 Å². The minimum absolute atomic E-state index is 0.217. The van der Waals surface area contributed by atoms with Crippen molar-refractivity contribution >= 4 is 11.0 Å². The molecule has 0 aliphatic heterocycles. The summed E-state index contributed by atoms with van der Waals surface area (Å²) in [6, 6.07) is 4.76. The molecular formula is C14H18FN3. The Morgan fingerprint density at radius 2 is 2.22 bits per heavy atom. The summed E-state index contributed by atoms with van der Waals surface area (Å²) in [6.45, 7) is 2.95. The summed E-state index contributed by atoms with van der Waals surface area (Å²) in [4.78, 5) is 4.64. The highest BCUT2D eigenvalue weighted by molar-refractivity contribution is 5.76. The number of halogens is 1.